The van der Waals surface area contributed by atoms with Crippen LogP contribution in [0, 0.1) is 0 Å². The molecule has 5 heteroatoms. The minimum atomic E-state index is -0.592. The van der Waals surface area contributed by atoms with Crippen molar-refractivity contribution >= 4 is 11.6 Å². The Hall–Kier alpha value is -1.10. The van der Waals surface area contributed by atoms with E-state index in [4.69, 9.17) is 10.4 Å². The third-order valence-corrected chi connectivity index (χ3v) is 0.712. The molecule has 0 radical (unpaired) electrons. The van der Waals surface area contributed by atoms with Gasteiger partial charge >= 0.3 is 0 Å². The van der Waals surface area contributed by atoms with Crippen LogP contribution in [0.15, 0.2) is 5.16 Å². The standard InChI is InChI=1S/C4H8N2O3/c1-3(5-8)2-4(7)6-9/h8-9H,2H2,1H3,(H,6,7)/b5-3+. The van der Waals surface area contributed by atoms with E-state index in [0.717, 1.165) is 0 Å². The molecule has 0 aromatic rings. The van der Waals surface area contributed by atoms with Crippen molar-refractivity contribution in [3.8, 4) is 0 Å². The normalized spacial score (nSPS) is 11.1. The summed E-state index contributed by atoms with van der Waals surface area (Å²) < 4.78 is 0. The van der Waals surface area contributed by atoms with Gasteiger partial charge in [-0.2, -0.15) is 0 Å². The predicted molar refractivity (Wildman–Crippen MR) is 29.4 cm³/mol. The maximum Gasteiger partial charge on any atom is 0.249 e. The van der Waals surface area contributed by atoms with Gasteiger partial charge in [0.1, 0.15) is 0 Å². The molecule has 0 fully saturated rings. The Kier molecular flexibility index (Phi) is 3.38. The number of hydrogen-bond acceptors (Lipinski definition) is 4. The van der Waals surface area contributed by atoms with Crippen LogP contribution in [0.2, 0.25) is 0 Å². The molecule has 9 heavy (non-hydrogen) atoms. The molecule has 0 saturated carbocycles. The second-order valence-corrected chi connectivity index (χ2v) is 1.55. The van der Waals surface area contributed by atoms with Crippen LogP contribution in [0.4, 0.5) is 0 Å². The van der Waals surface area contributed by atoms with Gasteiger partial charge in [-0.3, -0.25) is 10.0 Å². The van der Waals surface area contributed by atoms with Gasteiger partial charge in [-0.25, -0.2) is 5.48 Å². The van der Waals surface area contributed by atoms with Crippen LogP contribution < -0.4 is 5.48 Å². The number of hydroxylamine groups is 1. The molecular weight excluding hydrogens is 124 g/mol. The zero-order chi connectivity index (χ0) is 7.28. The van der Waals surface area contributed by atoms with E-state index in [-0.39, 0.29) is 12.1 Å². The van der Waals surface area contributed by atoms with Gasteiger partial charge in [0.15, 0.2) is 0 Å². The number of nitrogens with one attached hydrogen (secondary N) is 1. The molecule has 0 heterocycles. The zero-order valence-electron chi connectivity index (χ0n) is 4.96. The van der Waals surface area contributed by atoms with Crippen molar-refractivity contribution in [2.45, 2.75) is 13.3 Å². The molecule has 0 aliphatic carbocycles. The van der Waals surface area contributed by atoms with Gasteiger partial charge in [0.2, 0.25) is 5.91 Å². The smallest absolute Gasteiger partial charge is 0.249 e. The van der Waals surface area contributed by atoms with Crippen molar-refractivity contribution in [3.05, 3.63) is 0 Å². The Morgan fingerprint density at radius 1 is 1.78 bits per heavy atom. The molecule has 0 spiro atoms. The second kappa shape index (κ2) is 3.85. The first kappa shape index (κ1) is 7.90. The van der Waals surface area contributed by atoms with Crippen LogP contribution in [0.25, 0.3) is 0 Å². The molecule has 5 nitrogen and oxygen atoms in total. The Morgan fingerprint density at radius 2 is 2.33 bits per heavy atom. The van der Waals surface area contributed by atoms with Gasteiger partial charge in [-0.05, 0) is 6.92 Å². The number of hydrogen-bond donors (Lipinski definition) is 3. The summed E-state index contributed by atoms with van der Waals surface area (Å²) in [6.07, 6.45) is -0.0903. The van der Waals surface area contributed by atoms with Crippen LogP contribution in [0.1, 0.15) is 13.3 Å². The van der Waals surface area contributed by atoms with Crippen LogP contribution >= 0.6 is 0 Å². The van der Waals surface area contributed by atoms with E-state index in [0.29, 0.717) is 0 Å². The van der Waals surface area contributed by atoms with Gasteiger partial charge in [0.05, 0.1) is 12.1 Å². The summed E-state index contributed by atoms with van der Waals surface area (Å²) in [6, 6.07) is 0. The molecule has 0 aliphatic rings. The highest BCUT2D eigenvalue weighted by molar-refractivity contribution is 5.98. The van der Waals surface area contributed by atoms with E-state index in [1.807, 2.05) is 0 Å². The first-order chi connectivity index (χ1) is 4.20. The highest BCUT2D eigenvalue weighted by Crippen LogP contribution is 1.82. The lowest BCUT2D eigenvalue weighted by atomic mass is 10.3. The van der Waals surface area contributed by atoms with Crippen molar-refractivity contribution in [3.63, 3.8) is 0 Å². The lowest BCUT2D eigenvalue weighted by Crippen LogP contribution is -2.20. The van der Waals surface area contributed by atoms with E-state index < -0.39 is 5.91 Å². The Balaban J connectivity index is 3.60. The Morgan fingerprint density at radius 3 is 2.67 bits per heavy atom. The third-order valence-electron chi connectivity index (χ3n) is 0.712. The van der Waals surface area contributed by atoms with Crippen LogP contribution in [-0.4, -0.2) is 22.0 Å². The summed E-state index contributed by atoms with van der Waals surface area (Å²) in [5.74, 6) is -0.592. The summed E-state index contributed by atoms with van der Waals surface area (Å²) in [5, 5.41) is 18.7. The maximum atomic E-state index is 10.2. The van der Waals surface area contributed by atoms with E-state index in [2.05, 4.69) is 5.16 Å². The minimum Gasteiger partial charge on any atom is -0.411 e. The van der Waals surface area contributed by atoms with Gasteiger partial charge in [0.25, 0.3) is 0 Å². The molecule has 0 bridgehead atoms. The molecule has 0 aromatic heterocycles. The molecule has 0 aromatic carbocycles. The molecule has 0 saturated heterocycles. The quantitative estimate of drug-likeness (QED) is 0.209. The fourth-order valence-electron chi connectivity index (χ4n) is 0.307. The van der Waals surface area contributed by atoms with Gasteiger partial charge in [-0.1, -0.05) is 5.16 Å². The molecule has 0 atom stereocenters. The minimum absolute atomic E-state index is 0.0903. The molecule has 3 N–H and O–H groups in total. The second-order valence-electron chi connectivity index (χ2n) is 1.55. The highest BCUT2D eigenvalue weighted by Gasteiger charge is 2.00. The van der Waals surface area contributed by atoms with Crippen molar-refractivity contribution in [1.29, 1.82) is 0 Å². The molecular formula is C4H8N2O3. The lowest BCUT2D eigenvalue weighted by molar-refractivity contribution is -0.127. The summed E-state index contributed by atoms with van der Waals surface area (Å²) in [5.41, 5.74) is 1.65. The predicted octanol–water partition coefficient (Wildman–Crippen LogP) is -0.268. The third kappa shape index (κ3) is 3.48. The lowest BCUT2D eigenvalue weighted by Gasteiger charge is -1.93. The van der Waals surface area contributed by atoms with E-state index in [9.17, 15) is 4.79 Å². The number of amides is 1. The summed E-state index contributed by atoms with van der Waals surface area (Å²) >= 11 is 0. The van der Waals surface area contributed by atoms with Crippen LogP contribution in [0.5, 0.6) is 0 Å². The van der Waals surface area contributed by atoms with Gasteiger partial charge in [-0.15, -0.1) is 0 Å². The molecule has 52 valence electrons. The average molecular weight is 132 g/mol. The van der Waals surface area contributed by atoms with Crippen molar-refractivity contribution in [2.75, 3.05) is 0 Å². The molecule has 0 aliphatic heterocycles. The zero-order valence-corrected chi connectivity index (χ0v) is 4.96. The Labute approximate surface area is 51.9 Å². The van der Waals surface area contributed by atoms with E-state index in [1.54, 1.807) is 0 Å². The van der Waals surface area contributed by atoms with E-state index >= 15 is 0 Å². The van der Waals surface area contributed by atoms with E-state index in [1.165, 1.54) is 12.4 Å². The average Bonchev–Trinajstić information content (AvgIpc) is 1.87. The number of rotatable bonds is 2. The Bertz CT molecular complexity index is 132. The van der Waals surface area contributed by atoms with Gasteiger partial charge in [0, 0.05) is 0 Å². The first-order valence-corrected chi connectivity index (χ1v) is 2.31. The number of carbonyl (C=O) groups is 1. The fourth-order valence-corrected chi connectivity index (χ4v) is 0.307. The number of oxime groups is 1. The summed E-state index contributed by atoms with van der Waals surface area (Å²) in [6.45, 7) is 1.47. The summed E-state index contributed by atoms with van der Waals surface area (Å²) in [7, 11) is 0. The topological polar surface area (TPSA) is 81.9 Å². The monoisotopic (exact) mass is 132 g/mol. The number of carbonyl (C=O) groups excluding carboxylic acids is 1. The van der Waals surface area contributed by atoms with Crippen molar-refractivity contribution in [2.24, 2.45) is 5.16 Å². The van der Waals surface area contributed by atoms with Crippen LogP contribution in [0.3, 0.4) is 0 Å². The van der Waals surface area contributed by atoms with Crippen LogP contribution in [-0.2, 0) is 4.79 Å². The largest absolute Gasteiger partial charge is 0.411 e. The summed E-state index contributed by atoms with van der Waals surface area (Å²) in [4.78, 5) is 10.2. The first-order valence-electron chi connectivity index (χ1n) is 2.31. The molecule has 0 unspecified atom stereocenters. The van der Waals surface area contributed by atoms with Crippen molar-refractivity contribution in [1.82, 2.24) is 5.48 Å². The molecule has 0 rings (SSSR count). The van der Waals surface area contributed by atoms with Crippen molar-refractivity contribution < 1.29 is 15.2 Å². The highest BCUT2D eigenvalue weighted by atomic mass is 16.5. The SMILES string of the molecule is C/C(CC(=O)NO)=N\O. The number of nitrogens with zero attached hydrogens (tertiary/aromatic N) is 1. The maximum absolute atomic E-state index is 10.2. The van der Waals surface area contributed by atoms with Gasteiger partial charge < -0.3 is 5.21 Å². The molecule has 1 amide bonds. The fraction of sp³-hybridized carbons (Fsp3) is 0.500.